The first-order valence-corrected chi connectivity index (χ1v) is 7.18. The highest BCUT2D eigenvalue weighted by atomic mass is 15.1. The van der Waals surface area contributed by atoms with Crippen molar-refractivity contribution in [1.82, 2.24) is 9.88 Å². The summed E-state index contributed by atoms with van der Waals surface area (Å²) >= 11 is 0. The third-order valence-electron chi connectivity index (χ3n) is 3.66. The van der Waals surface area contributed by atoms with E-state index < -0.39 is 0 Å². The number of hydrogen-bond acceptors (Lipinski definition) is 2. The van der Waals surface area contributed by atoms with Gasteiger partial charge in [0, 0.05) is 23.4 Å². The normalized spacial score (nSPS) is 13.3. The molecule has 0 saturated carbocycles. The molecule has 0 fully saturated rings. The van der Waals surface area contributed by atoms with Crippen molar-refractivity contribution in [3.05, 3.63) is 23.9 Å². The smallest absolute Gasteiger partial charge is 0.136 e. The van der Waals surface area contributed by atoms with Crippen molar-refractivity contribution in [3.63, 3.8) is 0 Å². The summed E-state index contributed by atoms with van der Waals surface area (Å²) in [5.74, 6) is 1.49. The van der Waals surface area contributed by atoms with E-state index >= 15 is 0 Å². The van der Waals surface area contributed by atoms with Crippen molar-refractivity contribution in [2.75, 3.05) is 20.1 Å². The molecule has 1 heterocycles. The number of aromatic nitrogens is 1. The van der Waals surface area contributed by atoms with Gasteiger partial charge in [-0.05, 0) is 46.0 Å². The molecule has 0 aliphatic rings. The maximum absolute atomic E-state index is 4.36. The average molecular weight is 261 g/mol. The second-order valence-electron chi connectivity index (χ2n) is 4.91. The highest BCUT2D eigenvalue weighted by Crippen LogP contribution is 2.29. The van der Waals surface area contributed by atoms with E-state index in [-0.39, 0.29) is 0 Å². The number of H-pyrrole nitrogens is 1. The Morgan fingerprint density at radius 1 is 1.47 bits per heavy atom. The molecule has 19 heavy (non-hydrogen) atoms. The van der Waals surface area contributed by atoms with E-state index in [2.05, 4.69) is 48.4 Å². The van der Waals surface area contributed by atoms with Gasteiger partial charge in [0.25, 0.3) is 0 Å². The standard InChI is InChI=1S/C16H27N3/c1-6-13(10-11-19(5)9-4)15-12-14(7-2)16(18-15)17-8-3/h7-8,12-13,18H,2,6,9-11H2,1,3-5H3/b17-8-. The SMILES string of the molecule is C=Cc1cc(C(CC)CCN(C)CC)[nH]c1/N=C\C. The van der Waals surface area contributed by atoms with Crippen LogP contribution in [0.2, 0.25) is 0 Å². The van der Waals surface area contributed by atoms with Gasteiger partial charge >= 0.3 is 0 Å². The van der Waals surface area contributed by atoms with E-state index in [9.17, 15) is 0 Å². The highest BCUT2D eigenvalue weighted by Gasteiger charge is 2.14. The fraction of sp³-hybridized carbons (Fsp3) is 0.562. The van der Waals surface area contributed by atoms with Gasteiger partial charge in [0.1, 0.15) is 5.82 Å². The number of nitrogens with one attached hydrogen (secondary N) is 1. The molecule has 0 aliphatic carbocycles. The second-order valence-corrected chi connectivity index (χ2v) is 4.91. The molecule has 0 amide bonds. The lowest BCUT2D eigenvalue weighted by Crippen LogP contribution is -2.20. The van der Waals surface area contributed by atoms with Gasteiger partial charge in [-0.3, -0.25) is 0 Å². The Labute approximate surface area is 117 Å². The molecule has 3 heteroatoms. The quantitative estimate of drug-likeness (QED) is 0.698. The van der Waals surface area contributed by atoms with E-state index in [1.807, 2.05) is 19.2 Å². The lowest BCUT2D eigenvalue weighted by atomic mass is 9.98. The van der Waals surface area contributed by atoms with Crippen molar-refractivity contribution < 1.29 is 0 Å². The van der Waals surface area contributed by atoms with Crippen LogP contribution >= 0.6 is 0 Å². The Bertz CT molecular complexity index is 418. The minimum absolute atomic E-state index is 0.563. The molecule has 106 valence electrons. The first kappa shape index (κ1) is 15.7. The molecule has 0 radical (unpaired) electrons. The van der Waals surface area contributed by atoms with Crippen molar-refractivity contribution in [1.29, 1.82) is 0 Å². The molecule has 0 aliphatic heterocycles. The molecule has 0 aromatic carbocycles. The van der Waals surface area contributed by atoms with Crippen LogP contribution in [0.5, 0.6) is 0 Å². The van der Waals surface area contributed by atoms with Crippen LogP contribution in [0, 0.1) is 0 Å². The number of hydrogen-bond donors (Lipinski definition) is 1. The summed E-state index contributed by atoms with van der Waals surface area (Å²) in [5.41, 5.74) is 2.37. The molecule has 1 N–H and O–H groups in total. The van der Waals surface area contributed by atoms with E-state index in [1.54, 1.807) is 0 Å². The zero-order valence-corrected chi connectivity index (χ0v) is 12.7. The highest BCUT2D eigenvalue weighted by molar-refractivity contribution is 5.67. The van der Waals surface area contributed by atoms with Crippen LogP contribution in [0.15, 0.2) is 17.6 Å². The zero-order chi connectivity index (χ0) is 14.3. The summed E-state index contributed by atoms with van der Waals surface area (Å²) in [4.78, 5) is 10.2. The predicted octanol–water partition coefficient (Wildman–Crippen LogP) is 4.22. The largest absolute Gasteiger partial charge is 0.343 e. The molecule has 0 spiro atoms. The molecule has 1 atom stereocenters. The summed E-state index contributed by atoms with van der Waals surface area (Å²) in [6.45, 7) is 12.5. The molecule has 1 aromatic heterocycles. The van der Waals surface area contributed by atoms with Gasteiger partial charge in [0.05, 0.1) is 0 Å². The minimum Gasteiger partial charge on any atom is -0.343 e. The fourth-order valence-electron chi connectivity index (χ4n) is 2.21. The van der Waals surface area contributed by atoms with Crippen LogP contribution in [-0.2, 0) is 0 Å². The summed E-state index contributed by atoms with van der Waals surface area (Å²) in [6.07, 6.45) is 6.00. The zero-order valence-electron chi connectivity index (χ0n) is 12.7. The van der Waals surface area contributed by atoms with E-state index in [4.69, 9.17) is 0 Å². The van der Waals surface area contributed by atoms with Gasteiger partial charge < -0.3 is 9.88 Å². The lowest BCUT2D eigenvalue weighted by Gasteiger charge is -2.18. The van der Waals surface area contributed by atoms with E-state index in [1.165, 1.54) is 12.1 Å². The number of aromatic amines is 1. The molecule has 1 unspecified atom stereocenters. The Morgan fingerprint density at radius 2 is 2.21 bits per heavy atom. The van der Waals surface area contributed by atoms with Gasteiger partial charge in [-0.25, -0.2) is 4.99 Å². The average Bonchev–Trinajstić information content (AvgIpc) is 2.82. The Hall–Kier alpha value is -1.35. The Kier molecular flexibility index (Phi) is 6.57. The molecular weight excluding hydrogens is 234 g/mol. The minimum atomic E-state index is 0.563. The molecule has 0 bridgehead atoms. The van der Waals surface area contributed by atoms with Crippen LogP contribution in [0.25, 0.3) is 6.08 Å². The van der Waals surface area contributed by atoms with Gasteiger partial charge in [-0.1, -0.05) is 26.5 Å². The number of rotatable bonds is 8. The number of aliphatic imine (C=N–C) groups is 1. The van der Waals surface area contributed by atoms with Crippen LogP contribution in [-0.4, -0.2) is 36.2 Å². The van der Waals surface area contributed by atoms with Gasteiger partial charge in [0.2, 0.25) is 0 Å². The maximum atomic E-state index is 4.36. The fourth-order valence-corrected chi connectivity index (χ4v) is 2.21. The summed E-state index contributed by atoms with van der Waals surface area (Å²) in [7, 11) is 2.17. The van der Waals surface area contributed by atoms with Crippen molar-refractivity contribution in [2.45, 2.75) is 39.5 Å². The van der Waals surface area contributed by atoms with Gasteiger partial charge in [0.15, 0.2) is 0 Å². The first-order chi connectivity index (χ1) is 9.15. The summed E-state index contributed by atoms with van der Waals surface area (Å²) in [5, 5.41) is 0. The van der Waals surface area contributed by atoms with Crippen LogP contribution < -0.4 is 0 Å². The van der Waals surface area contributed by atoms with E-state index in [0.29, 0.717) is 5.92 Å². The van der Waals surface area contributed by atoms with Crippen LogP contribution in [0.1, 0.15) is 50.8 Å². The molecule has 1 aromatic rings. The lowest BCUT2D eigenvalue weighted by molar-refractivity contribution is 0.331. The molecule has 3 nitrogen and oxygen atoms in total. The van der Waals surface area contributed by atoms with Crippen molar-refractivity contribution in [2.24, 2.45) is 4.99 Å². The van der Waals surface area contributed by atoms with Crippen LogP contribution in [0.4, 0.5) is 5.82 Å². The topological polar surface area (TPSA) is 31.4 Å². The third kappa shape index (κ3) is 4.35. The summed E-state index contributed by atoms with van der Waals surface area (Å²) in [6, 6.07) is 2.19. The third-order valence-corrected chi connectivity index (χ3v) is 3.66. The number of nitrogens with zero attached hydrogens (tertiary/aromatic N) is 2. The van der Waals surface area contributed by atoms with Gasteiger partial charge in [-0.2, -0.15) is 0 Å². The Morgan fingerprint density at radius 3 is 2.74 bits per heavy atom. The first-order valence-electron chi connectivity index (χ1n) is 7.18. The Balaban J connectivity index is 2.83. The molecule has 1 rings (SSSR count). The molecule has 0 saturated heterocycles. The van der Waals surface area contributed by atoms with Gasteiger partial charge in [-0.15, -0.1) is 0 Å². The van der Waals surface area contributed by atoms with Crippen molar-refractivity contribution >= 4 is 18.1 Å². The van der Waals surface area contributed by atoms with Crippen molar-refractivity contribution in [3.8, 4) is 0 Å². The second kappa shape index (κ2) is 7.95. The van der Waals surface area contributed by atoms with Crippen LogP contribution in [0.3, 0.4) is 0 Å². The maximum Gasteiger partial charge on any atom is 0.136 e. The van der Waals surface area contributed by atoms with E-state index in [0.717, 1.165) is 30.9 Å². The monoisotopic (exact) mass is 261 g/mol. The molecular formula is C16H27N3. The predicted molar refractivity (Wildman–Crippen MR) is 85.5 cm³/mol. The summed E-state index contributed by atoms with van der Waals surface area (Å²) < 4.78 is 0.